The van der Waals surface area contributed by atoms with Crippen LogP contribution in [0.5, 0.6) is 0 Å². The molecule has 19 heavy (non-hydrogen) atoms. The molecule has 0 atom stereocenters. The molecule has 1 amide bonds. The van der Waals surface area contributed by atoms with Gasteiger partial charge in [-0.05, 0) is 37.9 Å². The highest BCUT2D eigenvalue weighted by Crippen LogP contribution is 2.28. The van der Waals surface area contributed by atoms with E-state index in [1.807, 2.05) is 25.1 Å². The van der Waals surface area contributed by atoms with E-state index in [9.17, 15) is 4.79 Å². The molecule has 104 valence electrons. The molecule has 0 unspecified atom stereocenters. The van der Waals surface area contributed by atoms with Crippen LogP contribution in [0.4, 0.5) is 11.4 Å². The number of piperidine rings is 1. The van der Waals surface area contributed by atoms with E-state index in [0.29, 0.717) is 6.54 Å². The third kappa shape index (κ3) is 3.96. The molecule has 0 bridgehead atoms. The number of para-hydroxylation sites is 2. The van der Waals surface area contributed by atoms with Gasteiger partial charge in [0.2, 0.25) is 5.91 Å². The summed E-state index contributed by atoms with van der Waals surface area (Å²) in [5, 5.41) is 6.04. The van der Waals surface area contributed by atoms with Gasteiger partial charge < -0.3 is 15.5 Å². The molecule has 1 aromatic carbocycles. The highest BCUT2D eigenvalue weighted by atomic mass is 16.1. The van der Waals surface area contributed by atoms with Crippen molar-refractivity contribution in [2.45, 2.75) is 26.2 Å². The molecule has 2 N–H and O–H groups in total. The number of amides is 1. The second-order valence-electron chi connectivity index (χ2n) is 4.89. The Morgan fingerprint density at radius 2 is 1.95 bits per heavy atom. The molecule has 1 heterocycles. The molecular formula is C15H23N3O. The van der Waals surface area contributed by atoms with Gasteiger partial charge >= 0.3 is 0 Å². The van der Waals surface area contributed by atoms with Gasteiger partial charge in [-0.25, -0.2) is 0 Å². The number of hydrogen-bond donors (Lipinski definition) is 2. The van der Waals surface area contributed by atoms with Crippen molar-refractivity contribution < 1.29 is 4.79 Å². The van der Waals surface area contributed by atoms with Gasteiger partial charge in [0.05, 0.1) is 17.9 Å². The van der Waals surface area contributed by atoms with Crippen LogP contribution in [-0.2, 0) is 4.79 Å². The normalized spacial score (nSPS) is 15.3. The number of carbonyl (C=O) groups is 1. The molecular weight excluding hydrogens is 238 g/mol. The first-order valence-electron chi connectivity index (χ1n) is 7.16. The Morgan fingerprint density at radius 1 is 1.21 bits per heavy atom. The number of nitrogens with zero attached hydrogens (tertiary/aromatic N) is 1. The van der Waals surface area contributed by atoms with Crippen molar-refractivity contribution in [1.29, 1.82) is 0 Å². The van der Waals surface area contributed by atoms with Crippen molar-refractivity contribution in [3.05, 3.63) is 24.3 Å². The van der Waals surface area contributed by atoms with Crippen molar-refractivity contribution in [2.75, 3.05) is 36.4 Å². The van der Waals surface area contributed by atoms with Crippen LogP contribution in [0.1, 0.15) is 26.2 Å². The molecule has 1 fully saturated rings. The summed E-state index contributed by atoms with van der Waals surface area (Å²) in [6.45, 7) is 5.33. The SMILES string of the molecule is CCNCC(=O)Nc1ccccc1N1CCCCC1. The fourth-order valence-corrected chi connectivity index (χ4v) is 2.42. The first-order valence-corrected chi connectivity index (χ1v) is 7.16. The summed E-state index contributed by atoms with van der Waals surface area (Å²) >= 11 is 0. The second kappa shape index (κ2) is 7.14. The Kier molecular flexibility index (Phi) is 5.21. The summed E-state index contributed by atoms with van der Waals surface area (Å²) in [5.74, 6) is 0.0197. The average molecular weight is 261 g/mol. The minimum Gasteiger partial charge on any atom is -0.370 e. The van der Waals surface area contributed by atoms with E-state index in [4.69, 9.17) is 0 Å². The van der Waals surface area contributed by atoms with Crippen molar-refractivity contribution in [3.8, 4) is 0 Å². The lowest BCUT2D eigenvalue weighted by Gasteiger charge is -2.30. The summed E-state index contributed by atoms with van der Waals surface area (Å²) in [5.41, 5.74) is 2.07. The summed E-state index contributed by atoms with van der Waals surface area (Å²) in [4.78, 5) is 14.2. The van der Waals surface area contributed by atoms with E-state index in [0.717, 1.165) is 31.0 Å². The van der Waals surface area contributed by atoms with E-state index in [2.05, 4.69) is 21.6 Å². The number of carbonyl (C=O) groups excluding carboxylic acids is 1. The maximum absolute atomic E-state index is 11.8. The molecule has 1 aliphatic heterocycles. The molecule has 1 saturated heterocycles. The third-order valence-corrected chi connectivity index (χ3v) is 3.41. The topological polar surface area (TPSA) is 44.4 Å². The van der Waals surface area contributed by atoms with Gasteiger partial charge in [0.1, 0.15) is 0 Å². The Labute approximate surface area is 115 Å². The molecule has 2 rings (SSSR count). The zero-order valence-electron chi connectivity index (χ0n) is 11.6. The van der Waals surface area contributed by atoms with Crippen LogP contribution >= 0.6 is 0 Å². The van der Waals surface area contributed by atoms with Crippen molar-refractivity contribution >= 4 is 17.3 Å². The Bertz CT molecular complexity index is 414. The molecule has 0 saturated carbocycles. The number of benzene rings is 1. The average Bonchev–Trinajstić information content (AvgIpc) is 2.46. The van der Waals surface area contributed by atoms with Gasteiger partial charge in [0.25, 0.3) is 0 Å². The first kappa shape index (κ1) is 13.9. The summed E-state index contributed by atoms with van der Waals surface area (Å²) in [6.07, 6.45) is 3.78. The first-order chi connectivity index (χ1) is 9.31. The van der Waals surface area contributed by atoms with Crippen molar-refractivity contribution in [2.24, 2.45) is 0 Å². The third-order valence-electron chi connectivity index (χ3n) is 3.41. The smallest absolute Gasteiger partial charge is 0.238 e. The zero-order chi connectivity index (χ0) is 13.5. The molecule has 0 spiro atoms. The van der Waals surface area contributed by atoms with Crippen LogP contribution < -0.4 is 15.5 Å². The minimum atomic E-state index is 0.0197. The molecule has 0 aromatic heterocycles. The van der Waals surface area contributed by atoms with Crippen molar-refractivity contribution in [1.82, 2.24) is 5.32 Å². The lowest BCUT2D eigenvalue weighted by atomic mass is 10.1. The number of rotatable bonds is 5. The molecule has 4 heteroatoms. The highest BCUT2D eigenvalue weighted by molar-refractivity contribution is 5.95. The van der Waals surface area contributed by atoms with Crippen LogP contribution in [-0.4, -0.2) is 32.1 Å². The van der Waals surface area contributed by atoms with Crippen LogP contribution in [0.25, 0.3) is 0 Å². The maximum atomic E-state index is 11.8. The van der Waals surface area contributed by atoms with Gasteiger partial charge in [-0.15, -0.1) is 0 Å². The summed E-state index contributed by atoms with van der Waals surface area (Å²) in [6, 6.07) is 8.07. The zero-order valence-corrected chi connectivity index (χ0v) is 11.6. The lowest BCUT2D eigenvalue weighted by Crippen LogP contribution is -2.32. The summed E-state index contributed by atoms with van der Waals surface area (Å²) < 4.78 is 0. The minimum absolute atomic E-state index is 0.0197. The molecule has 0 aliphatic carbocycles. The van der Waals surface area contributed by atoms with Crippen molar-refractivity contribution in [3.63, 3.8) is 0 Å². The van der Waals surface area contributed by atoms with Gasteiger partial charge in [-0.3, -0.25) is 4.79 Å². The van der Waals surface area contributed by atoms with Crippen LogP contribution in [0.3, 0.4) is 0 Å². The number of likely N-dealkylation sites (N-methyl/N-ethyl adjacent to an activating group) is 1. The standard InChI is InChI=1S/C15H23N3O/c1-2-16-12-15(19)17-13-8-4-5-9-14(13)18-10-6-3-7-11-18/h4-5,8-9,16H,2-3,6-7,10-12H2,1H3,(H,17,19). The fraction of sp³-hybridized carbons (Fsp3) is 0.533. The predicted molar refractivity (Wildman–Crippen MR) is 79.7 cm³/mol. The molecule has 1 aromatic rings. The Balaban J connectivity index is 2.05. The van der Waals surface area contributed by atoms with Crippen LogP contribution in [0.2, 0.25) is 0 Å². The van der Waals surface area contributed by atoms with E-state index in [1.54, 1.807) is 0 Å². The summed E-state index contributed by atoms with van der Waals surface area (Å²) in [7, 11) is 0. The molecule has 4 nitrogen and oxygen atoms in total. The van der Waals surface area contributed by atoms with E-state index >= 15 is 0 Å². The number of nitrogens with one attached hydrogen (secondary N) is 2. The van der Waals surface area contributed by atoms with Crippen LogP contribution in [0.15, 0.2) is 24.3 Å². The quantitative estimate of drug-likeness (QED) is 0.854. The van der Waals surface area contributed by atoms with E-state index in [-0.39, 0.29) is 5.91 Å². The Hall–Kier alpha value is -1.55. The van der Waals surface area contributed by atoms with E-state index in [1.165, 1.54) is 19.3 Å². The van der Waals surface area contributed by atoms with Gasteiger partial charge in [0.15, 0.2) is 0 Å². The monoisotopic (exact) mass is 261 g/mol. The highest BCUT2D eigenvalue weighted by Gasteiger charge is 2.15. The van der Waals surface area contributed by atoms with Gasteiger partial charge in [-0.1, -0.05) is 19.1 Å². The predicted octanol–water partition coefficient (Wildman–Crippen LogP) is 2.22. The largest absolute Gasteiger partial charge is 0.370 e. The maximum Gasteiger partial charge on any atom is 0.238 e. The van der Waals surface area contributed by atoms with Gasteiger partial charge in [-0.2, -0.15) is 0 Å². The molecule has 1 aliphatic rings. The van der Waals surface area contributed by atoms with Crippen LogP contribution in [0, 0.1) is 0 Å². The lowest BCUT2D eigenvalue weighted by molar-refractivity contribution is -0.115. The Morgan fingerprint density at radius 3 is 2.68 bits per heavy atom. The number of anilines is 2. The molecule has 0 radical (unpaired) electrons. The number of hydrogen-bond acceptors (Lipinski definition) is 3. The van der Waals surface area contributed by atoms with E-state index < -0.39 is 0 Å². The fourth-order valence-electron chi connectivity index (χ4n) is 2.42. The second-order valence-corrected chi connectivity index (χ2v) is 4.89. The van der Waals surface area contributed by atoms with Gasteiger partial charge in [0, 0.05) is 13.1 Å².